The second-order valence-electron chi connectivity index (χ2n) is 4.21. The Hall–Kier alpha value is -0.730. The monoisotopic (exact) mass is 300 g/mol. The van der Waals surface area contributed by atoms with E-state index < -0.39 is 5.60 Å². The summed E-state index contributed by atoms with van der Waals surface area (Å²) < 4.78 is 0. The summed E-state index contributed by atoms with van der Waals surface area (Å²) in [6.45, 7) is 1.70. The minimum Gasteiger partial charge on any atom is -0.381 e. The van der Waals surface area contributed by atoms with Crippen LogP contribution in [0.15, 0.2) is 42.5 Å². The SMILES string of the molecule is CC(O)(c1ccc(Cl)cc1)c1ccc(Cl)c(Cl)c1. The summed E-state index contributed by atoms with van der Waals surface area (Å²) in [6, 6.07) is 12.1. The molecule has 0 amide bonds. The van der Waals surface area contributed by atoms with Crippen LogP contribution in [0.2, 0.25) is 15.1 Å². The minimum atomic E-state index is -1.14. The minimum absolute atomic E-state index is 0.420. The summed E-state index contributed by atoms with van der Waals surface area (Å²) in [5, 5.41) is 12.1. The van der Waals surface area contributed by atoms with Gasteiger partial charge in [-0.1, -0.05) is 53.0 Å². The third kappa shape index (κ3) is 2.65. The van der Waals surface area contributed by atoms with Gasteiger partial charge in [0.1, 0.15) is 5.60 Å². The van der Waals surface area contributed by atoms with Crippen molar-refractivity contribution < 1.29 is 5.11 Å². The number of benzene rings is 2. The first-order chi connectivity index (χ1) is 8.41. The maximum atomic E-state index is 10.6. The Labute approximate surface area is 121 Å². The molecule has 2 aromatic rings. The number of hydrogen-bond acceptors (Lipinski definition) is 1. The molecule has 0 bridgehead atoms. The van der Waals surface area contributed by atoms with Gasteiger partial charge in [-0.2, -0.15) is 0 Å². The third-order valence-corrected chi connectivity index (χ3v) is 3.88. The van der Waals surface area contributed by atoms with Crippen molar-refractivity contribution in [3.63, 3.8) is 0 Å². The van der Waals surface area contributed by atoms with E-state index in [0.717, 1.165) is 5.56 Å². The Bertz CT molecular complexity index is 562. The fourth-order valence-corrected chi connectivity index (χ4v) is 2.16. The quantitative estimate of drug-likeness (QED) is 0.836. The first kappa shape index (κ1) is 13.7. The van der Waals surface area contributed by atoms with E-state index in [2.05, 4.69) is 0 Å². The number of rotatable bonds is 2. The van der Waals surface area contributed by atoms with Crippen molar-refractivity contribution in [2.75, 3.05) is 0 Å². The number of hydrogen-bond donors (Lipinski definition) is 1. The Morgan fingerprint density at radius 3 is 1.94 bits per heavy atom. The maximum Gasteiger partial charge on any atom is 0.112 e. The lowest BCUT2D eigenvalue weighted by atomic mass is 9.88. The number of aliphatic hydroxyl groups is 1. The molecule has 0 heterocycles. The molecule has 1 nitrogen and oxygen atoms in total. The van der Waals surface area contributed by atoms with Crippen LogP contribution in [0.3, 0.4) is 0 Å². The standard InChI is InChI=1S/C14H11Cl3O/c1-14(18,9-2-5-11(15)6-3-9)10-4-7-12(16)13(17)8-10/h2-8,18H,1H3. The zero-order valence-electron chi connectivity index (χ0n) is 9.62. The van der Waals surface area contributed by atoms with E-state index in [-0.39, 0.29) is 0 Å². The molecule has 1 atom stereocenters. The van der Waals surface area contributed by atoms with Gasteiger partial charge < -0.3 is 5.11 Å². The highest BCUT2D eigenvalue weighted by Gasteiger charge is 2.26. The van der Waals surface area contributed by atoms with Gasteiger partial charge in [0.25, 0.3) is 0 Å². The summed E-state index contributed by atoms with van der Waals surface area (Å²) in [7, 11) is 0. The molecule has 0 aromatic heterocycles. The second-order valence-corrected chi connectivity index (χ2v) is 5.46. The van der Waals surface area contributed by atoms with E-state index in [4.69, 9.17) is 34.8 Å². The predicted octanol–water partition coefficient (Wildman–Crippen LogP) is 4.90. The van der Waals surface area contributed by atoms with Gasteiger partial charge in [-0.3, -0.25) is 0 Å². The molecule has 0 aliphatic carbocycles. The van der Waals surface area contributed by atoms with E-state index in [9.17, 15) is 5.11 Å². The maximum absolute atomic E-state index is 10.6. The molecule has 0 aliphatic rings. The van der Waals surface area contributed by atoms with E-state index >= 15 is 0 Å². The van der Waals surface area contributed by atoms with Crippen molar-refractivity contribution in [1.82, 2.24) is 0 Å². The first-order valence-corrected chi connectivity index (χ1v) is 6.48. The molecule has 18 heavy (non-hydrogen) atoms. The van der Waals surface area contributed by atoms with Crippen LogP contribution in [-0.2, 0) is 5.60 Å². The lowest BCUT2D eigenvalue weighted by Crippen LogP contribution is -2.22. The molecule has 0 saturated carbocycles. The summed E-state index contributed by atoms with van der Waals surface area (Å²) >= 11 is 17.7. The highest BCUT2D eigenvalue weighted by molar-refractivity contribution is 6.42. The molecule has 0 fully saturated rings. The average Bonchev–Trinajstić information content (AvgIpc) is 2.33. The Balaban J connectivity index is 2.46. The van der Waals surface area contributed by atoms with Gasteiger partial charge in [-0.05, 0) is 42.3 Å². The van der Waals surface area contributed by atoms with Gasteiger partial charge in [-0.15, -0.1) is 0 Å². The average molecular weight is 302 g/mol. The van der Waals surface area contributed by atoms with E-state index in [1.54, 1.807) is 49.4 Å². The van der Waals surface area contributed by atoms with Crippen LogP contribution >= 0.6 is 34.8 Å². The molecule has 0 aliphatic heterocycles. The Morgan fingerprint density at radius 2 is 1.39 bits per heavy atom. The van der Waals surface area contributed by atoms with Gasteiger partial charge in [0.15, 0.2) is 0 Å². The summed E-state index contributed by atoms with van der Waals surface area (Å²) in [5.74, 6) is 0. The van der Waals surface area contributed by atoms with Crippen molar-refractivity contribution in [2.24, 2.45) is 0 Å². The van der Waals surface area contributed by atoms with E-state index in [1.807, 2.05) is 0 Å². The summed E-state index contributed by atoms with van der Waals surface area (Å²) in [6.07, 6.45) is 0. The zero-order valence-corrected chi connectivity index (χ0v) is 11.9. The molecule has 2 rings (SSSR count). The van der Waals surface area contributed by atoms with Crippen molar-refractivity contribution in [3.05, 3.63) is 68.7 Å². The van der Waals surface area contributed by atoms with Gasteiger partial charge in [0.2, 0.25) is 0 Å². The van der Waals surface area contributed by atoms with Crippen molar-refractivity contribution in [3.8, 4) is 0 Å². The van der Waals surface area contributed by atoms with Crippen molar-refractivity contribution in [1.29, 1.82) is 0 Å². The van der Waals surface area contributed by atoms with Crippen LogP contribution in [0.4, 0.5) is 0 Å². The molecular weight excluding hydrogens is 291 g/mol. The fourth-order valence-electron chi connectivity index (χ4n) is 1.74. The number of halogens is 3. The smallest absolute Gasteiger partial charge is 0.112 e. The van der Waals surface area contributed by atoms with Crippen LogP contribution in [0.25, 0.3) is 0 Å². The van der Waals surface area contributed by atoms with Crippen LogP contribution in [0, 0.1) is 0 Å². The summed E-state index contributed by atoms with van der Waals surface area (Å²) in [5.41, 5.74) is 0.281. The molecule has 0 saturated heterocycles. The molecule has 4 heteroatoms. The Morgan fingerprint density at radius 1 is 0.833 bits per heavy atom. The molecule has 94 valence electrons. The molecule has 0 radical (unpaired) electrons. The van der Waals surface area contributed by atoms with Crippen molar-refractivity contribution >= 4 is 34.8 Å². The predicted molar refractivity (Wildman–Crippen MR) is 76.6 cm³/mol. The van der Waals surface area contributed by atoms with Crippen LogP contribution < -0.4 is 0 Å². The fraction of sp³-hybridized carbons (Fsp3) is 0.143. The summed E-state index contributed by atoms with van der Waals surface area (Å²) in [4.78, 5) is 0. The largest absolute Gasteiger partial charge is 0.381 e. The second kappa shape index (κ2) is 5.10. The van der Waals surface area contributed by atoms with Crippen LogP contribution in [-0.4, -0.2) is 5.11 Å². The van der Waals surface area contributed by atoms with Gasteiger partial charge >= 0.3 is 0 Å². The zero-order chi connectivity index (χ0) is 13.3. The highest BCUT2D eigenvalue weighted by atomic mass is 35.5. The molecule has 0 spiro atoms. The highest BCUT2D eigenvalue weighted by Crippen LogP contribution is 2.33. The molecular formula is C14H11Cl3O. The Kier molecular flexibility index (Phi) is 3.88. The molecule has 1 unspecified atom stereocenters. The normalized spacial score (nSPS) is 14.3. The lowest BCUT2D eigenvalue weighted by molar-refractivity contribution is 0.102. The van der Waals surface area contributed by atoms with Gasteiger partial charge in [0, 0.05) is 5.02 Å². The van der Waals surface area contributed by atoms with E-state index in [1.165, 1.54) is 0 Å². The molecule has 1 N–H and O–H groups in total. The van der Waals surface area contributed by atoms with Crippen LogP contribution in [0.1, 0.15) is 18.1 Å². The topological polar surface area (TPSA) is 20.2 Å². The van der Waals surface area contributed by atoms with E-state index in [0.29, 0.717) is 20.6 Å². The molecule has 2 aromatic carbocycles. The lowest BCUT2D eigenvalue weighted by Gasteiger charge is -2.25. The van der Waals surface area contributed by atoms with Gasteiger partial charge in [0.05, 0.1) is 10.0 Å². The van der Waals surface area contributed by atoms with Crippen molar-refractivity contribution in [2.45, 2.75) is 12.5 Å². The van der Waals surface area contributed by atoms with Gasteiger partial charge in [-0.25, -0.2) is 0 Å². The first-order valence-electron chi connectivity index (χ1n) is 5.35. The van der Waals surface area contributed by atoms with Crippen LogP contribution in [0.5, 0.6) is 0 Å². The third-order valence-electron chi connectivity index (χ3n) is 2.89.